The summed E-state index contributed by atoms with van der Waals surface area (Å²) in [5.74, 6) is -4.78. The summed E-state index contributed by atoms with van der Waals surface area (Å²) >= 11 is 0. The van der Waals surface area contributed by atoms with Crippen LogP contribution in [-0.4, -0.2) is 51.2 Å². The van der Waals surface area contributed by atoms with E-state index < -0.39 is 32.1 Å². The molecule has 0 saturated heterocycles. The lowest BCUT2D eigenvalue weighted by atomic mass is 9.60. The van der Waals surface area contributed by atoms with Gasteiger partial charge in [0.25, 0.3) is 5.79 Å². The van der Waals surface area contributed by atoms with Gasteiger partial charge in [0.15, 0.2) is 0 Å². The summed E-state index contributed by atoms with van der Waals surface area (Å²) in [5, 5.41) is 10.7. The Labute approximate surface area is 208 Å². The van der Waals surface area contributed by atoms with Crippen LogP contribution >= 0.6 is 0 Å². The van der Waals surface area contributed by atoms with Gasteiger partial charge in [-0.25, -0.2) is 8.42 Å². The van der Waals surface area contributed by atoms with Crippen LogP contribution in [0.5, 0.6) is 0 Å². The molecule has 8 heteroatoms. The molecule has 0 amide bonds. The second-order valence-electron chi connectivity index (χ2n) is 7.93. The third kappa shape index (κ3) is 4.02. The number of rotatable bonds is 12. The van der Waals surface area contributed by atoms with Crippen molar-refractivity contribution in [2.45, 2.75) is 48.9 Å². The Morgan fingerprint density at radius 2 is 1.31 bits per heavy atom. The minimum absolute atomic E-state index is 0.00922. The van der Waals surface area contributed by atoms with Crippen LogP contribution in [0.2, 0.25) is 0 Å². The van der Waals surface area contributed by atoms with Crippen molar-refractivity contribution in [1.29, 1.82) is 5.26 Å². The minimum Gasteiger partial charge on any atom is -0.345 e. The number of hydrogen-bond acceptors (Lipinski definition) is 7. The lowest BCUT2D eigenvalue weighted by molar-refractivity contribution is -0.480. The van der Waals surface area contributed by atoms with Gasteiger partial charge in [-0.05, 0) is 45.4 Å². The third-order valence-electron chi connectivity index (χ3n) is 6.13. The van der Waals surface area contributed by atoms with Crippen LogP contribution in [-0.2, 0) is 28.8 Å². The Morgan fingerprint density at radius 3 is 1.77 bits per heavy atom. The summed E-state index contributed by atoms with van der Waals surface area (Å²) < 4.78 is 51.0. The second-order valence-corrected chi connectivity index (χ2v) is 10.0. The van der Waals surface area contributed by atoms with Gasteiger partial charge in [0.05, 0.1) is 16.9 Å². The Hall–Kier alpha value is -2.54. The van der Waals surface area contributed by atoms with Crippen LogP contribution in [0.3, 0.4) is 0 Å². The largest absolute Gasteiger partial charge is 0.345 e. The molecule has 2 aromatic carbocycles. The smallest absolute Gasteiger partial charge is 0.259 e. The van der Waals surface area contributed by atoms with Crippen LogP contribution < -0.4 is 0 Å². The van der Waals surface area contributed by atoms with Crippen molar-refractivity contribution in [3.05, 3.63) is 72.3 Å². The van der Waals surface area contributed by atoms with Crippen LogP contribution in [0, 0.1) is 17.2 Å². The lowest BCUT2D eigenvalue weighted by Crippen LogP contribution is -2.89. The molecule has 2 aromatic rings. The van der Waals surface area contributed by atoms with Crippen LogP contribution in [0.25, 0.3) is 6.08 Å². The van der Waals surface area contributed by atoms with Gasteiger partial charge in [-0.15, -0.1) is 0 Å². The number of hydrogen-bond donors (Lipinski definition) is 0. The van der Waals surface area contributed by atoms with E-state index >= 15 is 0 Å². The molecule has 188 valence electrons. The lowest BCUT2D eigenvalue weighted by Gasteiger charge is -2.67. The summed E-state index contributed by atoms with van der Waals surface area (Å²) in [6, 6.07) is 19.4. The van der Waals surface area contributed by atoms with E-state index in [2.05, 4.69) is 6.07 Å². The zero-order chi connectivity index (χ0) is 25.6. The van der Waals surface area contributed by atoms with Crippen LogP contribution in [0.15, 0.2) is 71.6 Å². The normalized spacial score (nSPS) is 23.0. The predicted octanol–water partition coefficient (Wildman–Crippen LogP) is 4.60. The van der Waals surface area contributed by atoms with Gasteiger partial charge in [-0.2, -0.15) is 5.26 Å². The predicted molar refractivity (Wildman–Crippen MR) is 133 cm³/mol. The van der Waals surface area contributed by atoms with E-state index in [4.69, 9.17) is 18.9 Å². The van der Waals surface area contributed by atoms with E-state index in [9.17, 15) is 13.7 Å². The molecular formula is C27H33NO6S. The van der Waals surface area contributed by atoms with Crippen molar-refractivity contribution >= 4 is 15.9 Å². The zero-order valence-electron chi connectivity index (χ0n) is 20.6. The molecule has 7 nitrogen and oxygen atoms in total. The number of nitriles is 1. The molecule has 0 aromatic heterocycles. The first-order chi connectivity index (χ1) is 16.9. The minimum atomic E-state index is -4.35. The summed E-state index contributed by atoms with van der Waals surface area (Å²) in [6.45, 7) is 7.50. The van der Waals surface area contributed by atoms with Gasteiger partial charge in [-0.1, -0.05) is 60.7 Å². The maximum Gasteiger partial charge on any atom is 0.259 e. The van der Waals surface area contributed by atoms with Crippen molar-refractivity contribution in [2.24, 2.45) is 5.92 Å². The van der Waals surface area contributed by atoms with E-state index in [1.165, 1.54) is 12.1 Å². The molecule has 0 unspecified atom stereocenters. The summed E-state index contributed by atoms with van der Waals surface area (Å²) in [5.41, 5.74) is 0.837. The van der Waals surface area contributed by atoms with Gasteiger partial charge in [0, 0.05) is 26.4 Å². The van der Waals surface area contributed by atoms with Crippen molar-refractivity contribution in [1.82, 2.24) is 0 Å². The van der Waals surface area contributed by atoms with Gasteiger partial charge in [-0.3, -0.25) is 0 Å². The monoisotopic (exact) mass is 499 g/mol. The fraction of sp³-hybridized carbons (Fsp3) is 0.444. The molecule has 1 aliphatic rings. The highest BCUT2D eigenvalue weighted by Crippen LogP contribution is 2.65. The molecule has 0 aliphatic heterocycles. The quantitative estimate of drug-likeness (QED) is 0.394. The second kappa shape index (κ2) is 11.0. The first kappa shape index (κ1) is 27.1. The Bertz CT molecular complexity index is 1130. The standard InChI is InChI=1S/C27H33NO6S/c1-5-31-26(32-6-2)24(20-19-22-15-11-9-12-16-22)25(21-28,27(26,33-7-3)34-8-4)35(29,30)23-17-13-10-14-18-23/h9-20,24H,5-8H2,1-4H3/b20-19+/t24-,25+/m1/s1. The van der Waals surface area contributed by atoms with E-state index in [-0.39, 0.29) is 31.3 Å². The molecule has 1 fully saturated rings. The molecule has 0 bridgehead atoms. The molecule has 3 rings (SSSR count). The molecule has 1 saturated carbocycles. The van der Waals surface area contributed by atoms with E-state index in [0.717, 1.165) is 5.56 Å². The molecule has 0 spiro atoms. The molecule has 1 aliphatic carbocycles. The Balaban J connectivity index is 2.38. The van der Waals surface area contributed by atoms with Gasteiger partial charge in [0.2, 0.25) is 20.4 Å². The average Bonchev–Trinajstić information content (AvgIpc) is 2.87. The molecule has 0 N–H and O–H groups in total. The number of benzene rings is 2. The highest BCUT2D eigenvalue weighted by Gasteiger charge is 2.90. The maximum atomic E-state index is 14.3. The fourth-order valence-electron chi connectivity index (χ4n) is 4.93. The number of sulfone groups is 1. The molecule has 0 radical (unpaired) electrons. The van der Waals surface area contributed by atoms with Crippen molar-refractivity contribution in [3.63, 3.8) is 0 Å². The topological polar surface area (TPSA) is 94.9 Å². The summed E-state index contributed by atoms with van der Waals surface area (Å²) in [4.78, 5) is -0.00922. The Kier molecular flexibility index (Phi) is 8.52. The van der Waals surface area contributed by atoms with E-state index in [1.807, 2.05) is 30.3 Å². The Morgan fingerprint density at radius 1 is 0.829 bits per heavy atom. The average molecular weight is 500 g/mol. The fourth-order valence-corrected chi connectivity index (χ4v) is 7.12. The summed E-state index contributed by atoms with van der Waals surface area (Å²) in [7, 11) is -4.35. The van der Waals surface area contributed by atoms with Crippen molar-refractivity contribution in [3.8, 4) is 6.07 Å². The first-order valence-electron chi connectivity index (χ1n) is 11.9. The molecule has 35 heavy (non-hydrogen) atoms. The van der Waals surface area contributed by atoms with E-state index in [1.54, 1.807) is 58.0 Å². The van der Waals surface area contributed by atoms with Crippen LogP contribution in [0.1, 0.15) is 33.3 Å². The van der Waals surface area contributed by atoms with Crippen molar-refractivity contribution < 1.29 is 27.4 Å². The zero-order valence-corrected chi connectivity index (χ0v) is 21.5. The summed E-state index contributed by atoms with van der Waals surface area (Å²) in [6.07, 6.45) is 3.44. The number of ether oxygens (including phenoxy) is 4. The molecule has 0 heterocycles. The van der Waals surface area contributed by atoms with Crippen molar-refractivity contribution in [2.75, 3.05) is 26.4 Å². The highest BCUT2D eigenvalue weighted by molar-refractivity contribution is 7.93. The molecular weight excluding hydrogens is 466 g/mol. The first-order valence-corrected chi connectivity index (χ1v) is 13.4. The van der Waals surface area contributed by atoms with E-state index in [0.29, 0.717) is 0 Å². The van der Waals surface area contributed by atoms with Gasteiger partial charge in [0.1, 0.15) is 0 Å². The molecule has 2 atom stereocenters. The third-order valence-corrected chi connectivity index (χ3v) is 8.49. The highest BCUT2D eigenvalue weighted by atomic mass is 32.2. The number of nitrogens with zero attached hydrogens (tertiary/aromatic N) is 1. The van der Waals surface area contributed by atoms with Gasteiger partial charge < -0.3 is 18.9 Å². The van der Waals surface area contributed by atoms with Crippen LogP contribution in [0.4, 0.5) is 0 Å². The SMILES string of the molecule is CCOC1(OCC)[C@H](/C=C/c2ccccc2)[C@](C#N)(S(=O)(=O)c2ccccc2)C1(OCC)OCC. The maximum absolute atomic E-state index is 14.3. The van der Waals surface area contributed by atoms with Gasteiger partial charge >= 0.3 is 0 Å².